The van der Waals surface area contributed by atoms with Gasteiger partial charge in [-0.3, -0.25) is 0 Å². The molecule has 0 fully saturated rings. The lowest BCUT2D eigenvalue weighted by molar-refractivity contribution is 0.372. The van der Waals surface area contributed by atoms with E-state index in [9.17, 15) is 8.78 Å². The summed E-state index contributed by atoms with van der Waals surface area (Å²) in [6.45, 7) is 6.10. The zero-order valence-corrected chi connectivity index (χ0v) is 12.7. The molecule has 1 aromatic heterocycles. The lowest BCUT2D eigenvalue weighted by atomic mass is 9.99. The Morgan fingerprint density at radius 1 is 1.10 bits per heavy atom. The van der Waals surface area contributed by atoms with Crippen LogP contribution in [0.4, 0.5) is 8.78 Å². The van der Waals surface area contributed by atoms with Crippen molar-refractivity contribution in [1.29, 1.82) is 0 Å². The molecule has 0 bridgehead atoms. The third-order valence-corrected chi connectivity index (χ3v) is 4.33. The minimum Gasteiger partial charge on any atom is -0.302 e. The van der Waals surface area contributed by atoms with Crippen molar-refractivity contribution in [2.45, 2.75) is 32.9 Å². The average Bonchev–Trinajstić information content (AvgIpc) is 2.91. The van der Waals surface area contributed by atoms with Crippen LogP contribution < -0.4 is 5.32 Å². The number of hydrogen-bond donors (Lipinski definition) is 1. The van der Waals surface area contributed by atoms with Gasteiger partial charge in [0.1, 0.15) is 11.6 Å². The molecule has 20 heavy (non-hydrogen) atoms. The van der Waals surface area contributed by atoms with Crippen molar-refractivity contribution in [3.8, 4) is 0 Å². The lowest BCUT2D eigenvalue weighted by Crippen LogP contribution is -2.28. The number of benzene rings is 1. The first-order valence-corrected chi connectivity index (χ1v) is 7.61. The highest BCUT2D eigenvalue weighted by Gasteiger charge is 2.21. The summed E-state index contributed by atoms with van der Waals surface area (Å²) in [6, 6.07) is 7.54. The average molecular weight is 295 g/mol. The predicted octanol–water partition coefficient (Wildman–Crippen LogP) is 5.07. The highest BCUT2D eigenvalue weighted by molar-refractivity contribution is 7.10. The fourth-order valence-electron chi connectivity index (χ4n) is 2.28. The minimum atomic E-state index is -0.410. The molecular weight excluding hydrogens is 276 g/mol. The van der Waals surface area contributed by atoms with Gasteiger partial charge in [-0.25, -0.2) is 8.78 Å². The fourth-order valence-corrected chi connectivity index (χ4v) is 3.24. The van der Waals surface area contributed by atoms with Crippen molar-refractivity contribution >= 4 is 11.3 Å². The van der Waals surface area contributed by atoms with Gasteiger partial charge in [0.15, 0.2) is 0 Å². The van der Waals surface area contributed by atoms with Crippen LogP contribution in [-0.2, 0) is 0 Å². The van der Waals surface area contributed by atoms with Crippen LogP contribution in [0.1, 0.15) is 43.3 Å². The Labute approximate surface area is 122 Å². The third kappa shape index (κ3) is 3.44. The molecule has 0 amide bonds. The Bertz CT molecular complexity index is 552. The third-order valence-electron chi connectivity index (χ3n) is 3.37. The van der Waals surface area contributed by atoms with Gasteiger partial charge in [0.25, 0.3) is 0 Å². The van der Waals surface area contributed by atoms with Crippen LogP contribution in [0.15, 0.2) is 35.7 Å². The minimum absolute atomic E-state index is 0.132. The maximum absolute atomic E-state index is 13.8. The largest absolute Gasteiger partial charge is 0.302 e. The van der Waals surface area contributed by atoms with E-state index >= 15 is 0 Å². The standard InChI is InChI=1S/C16H19F2NS/c1-10(2)16(15-5-4-8-20-15)19-11(3)13-9-12(17)6-7-14(13)18/h4-11,16,19H,1-3H3. The van der Waals surface area contributed by atoms with E-state index in [0.717, 1.165) is 6.07 Å². The molecule has 108 valence electrons. The molecule has 1 nitrogen and oxygen atoms in total. The number of thiophene rings is 1. The molecule has 4 heteroatoms. The van der Waals surface area contributed by atoms with E-state index in [4.69, 9.17) is 0 Å². The zero-order valence-electron chi connectivity index (χ0n) is 11.9. The molecule has 0 saturated carbocycles. The summed E-state index contributed by atoms with van der Waals surface area (Å²) >= 11 is 1.67. The first-order valence-electron chi connectivity index (χ1n) is 6.73. The number of halogens is 2. The molecule has 1 heterocycles. The molecule has 2 rings (SSSR count). The smallest absolute Gasteiger partial charge is 0.128 e. The van der Waals surface area contributed by atoms with Gasteiger partial charge in [-0.15, -0.1) is 11.3 Å². The summed E-state index contributed by atoms with van der Waals surface area (Å²) in [5, 5.41) is 5.43. The first kappa shape index (κ1) is 15.1. The summed E-state index contributed by atoms with van der Waals surface area (Å²) < 4.78 is 27.1. The van der Waals surface area contributed by atoms with E-state index in [0.29, 0.717) is 11.5 Å². The molecule has 2 unspecified atom stereocenters. The highest BCUT2D eigenvalue weighted by Crippen LogP contribution is 2.29. The van der Waals surface area contributed by atoms with Crippen LogP contribution in [0.2, 0.25) is 0 Å². The summed E-state index contributed by atoms with van der Waals surface area (Å²) in [4.78, 5) is 1.21. The van der Waals surface area contributed by atoms with Crippen LogP contribution in [0.3, 0.4) is 0 Å². The Hall–Kier alpha value is -1.26. The summed E-state index contributed by atoms with van der Waals surface area (Å²) in [5.41, 5.74) is 0.368. The van der Waals surface area contributed by atoms with E-state index in [1.54, 1.807) is 11.3 Å². The van der Waals surface area contributed by atoms with Gasteiger partial charge in [-0.1, -0.05) is 19.9 Å². The van der Waals surface area contributed by atoms with Crippen LogP contribution in [0, 0.1) is 17.6 Å². The highest BCUT2D eigenvalue weighted by atomic mass is 32.1. The number of rotatable bonds is 5. The Kier molecular flexibility index (Phi) is 4.89. The van der Waals surface area contributed by atoms with Gasteiger partial charge < -0.3 is 5.32 Å². The molecular formula is C16H19F2NS. The summed E-state index contributed by atoms with van der Waals surface area (Å²) in [5.74, 6) is -0.417. The maximum Gasteiger partial charge on any atom is 0.128 e. The van der Waals surface area contributed by atoms with Gasteiger partial charge in [0.05, 0.1) is 0 Å². The first-order chi connectivity index (χ1) is 9.49. The van der Waals surface area contributed by atoms with Gasteiger partial charge >= 0.3 is 0 Å². The van der Waals surface area contributed by atoms with E-state index in [1.807, 2.05) is 18.4 Å². The van der Waals surface area contributed by atoms with E-state index < -0.39 is 5.82 Å². The molecule has 0 aliphatic rings. The fraction of sp³-hybridized carbons (Fsp3) is 0.375. The predicted molar refractivity (Wildman–Crippen MR) is 79.8 cm³/mol. The van der Waals surface area contributed by atoms with Crippen molar-refractivity contribution in [3.63, 3.8) is 0 Å². The second kappa shape index (κ2) is 6.46. The topological polar surface area (TPSA) is 12.0 Å². The van der Waals surface area contributed by atoms with E-state index in [1.165, 1.54) is 17.0 Å². The SMILES string of the molecule is CC(NC(c1cccs1)C(C)C)c1cc(F)ccc1F. The van der Waals surface area contributed by atoms with Crippen LogP contribution >= 0.6 is 11.3 Å². The molecule has 0 aliphatic heterocycles. The Balaban J connectivity index is 2.20. The molecule has 0 radical (unpaired) electrons. The van der Waals surface area contributed by atoms with Gasteiger partial charge in [0, 0.05) is 22.5 Å². The second-order valence-electron chi connectivity index (χ2n) is 5.29. The molecule has 2 atom stereocenters. The summed E-state index contributed by atoms with van der Waals surface area (Å²) in [6.07, 6.45) is 0. The normalized spacial score (nSPS) is 14.5. The van der Waals surface area contributed by atoms with Gasteiger partial charge in [-0.2, -0.15) is 0 Å². The van der Waals surface area contributed by atoms with Gasteiger partial charge in [-0.05, 0) is 42.5 Å². The lowest BCUT2D eigenvalue weighted by Gasteiger charge is -2.26. The van der Waals surface area contributed by atoms with Crippen molar-refractivity contribution in [2.75, 3.05) is 0 Å². The molecule has 1 aromatic carbocycles. The van der Waals surface area contributed by atoms with Crippen LogP contribution in [-0.4, -0.2) is 0 Å². The zero-order chi connectivity index (χ0) is 14.7. The maximum atomic E-state index is 13.8. The van der Waals surface area contributed by atoms with E-state index in [2.05, 4.69) is 25.2 Å². The van der Waals surface area contributed by atoms with Crippen molar-refractivity contribution in [2.24, 2.45) is 5.92 Å². The second-order valence-corrected chi connectivity index (χ2v) is 6.27. The molecule has 0 spiro atoms. The van der Waals surface area contributed by atoms with Crippen molar-refractivity contribution in [1.82, 2.24) is 5.32 Å². The van der Waals surface area contributed by atoms with Crippen LogP contribution in [0.25, 0.3) is 0 Å². The molecule has 0 saturated heterocycles. The number of hydrogen-bond acceptors (Lipinski definition) is 2. The van der Waals surface area contributed by atoms with Gasteiger partial charge in [0.2, 0.25) is 0 Å². The van der Waals surface area contributed by atoms with Crippen molar-refractivity contribution < 1.29 is 8.78 Å². The number of nitrogens with one attached hydrogen (secondary N) is 1. The van der Waals surface area contributed by atoms with Crippen LogP contribution in [0.5, 0.6) is 0 Å². The quantitative estimate of drug-likeness (QED) is 0.811. The molecule has 0 aliphatic carbocycles. The molecule has 2 aromatic rings. The molecule has 1 N–H and O–H groups in total. The van der Waals surface area contributed by atoms with Crippen molar-refractivity contribution in [3.05, 3.63) is 57.8 Å². The monoisotopic (exact) mass is 295 g/mol. The Morgan fingerprint density at radius 2 is 1.85 bits per heavy atom. The van der Waals surface area contributed by atoms with E-state index in [-0.39, 0.29) is 17.9 Å². The summed E-state index contributed by atoms with van der Waals surface area (Å²) in [7, 11) is 0. The Morgan fingerprint density at radius 3 is 2.45 bits per heavy atom.